The molecule has 1 amide bonds. The third-order valence-electron chi connectivity index (χ3n) is 6.62. The number of carbonyl (C=O) groups is 1. The third-order valence-corrected chi connectivity index (χ3v) is 7.29. The number of alkyl carbamates (subject to hydrolysis) is 1. The lowest BCUT2D eigenvalue weighted by Gasteiger charge is -2.16. The molecule has 0 aromatic carbocycles. The van der Waals surface area contributed by atoms with E-state index in [0.29, 0.717) is 13.2 Å². The van der Waals surface area contributed by atoms with E-state index in [0.717, 1.165) is 45.3 Å². The SMILES string of the molecule is CCCCCCCCCCCCCCCC(CC)NC(=O)OCCCOCCCC[n+]1ccsc1.[I-]. The van der Waals surface area contributed by atoms with Crippen molar-refractivity contribution in [1.82, 2.24) is 5.32 Å². The molecule has 1 aromatic heterocycles. The van der Waals surface area contributed by atoms with Crippen molar-refractivity contribution in [1.29, 1.82) is 0 Å². The molecule has 1 rings (SSSR count). The maximum atomic E-state index is 12.1. The van der Waals surface area contributed by atoms with Crippen LogP contribution in [0, 0.1) is 0 Å². The first kappa shape index (κ1) is 35.6. The van der Waals surface area contributed by atoms with Crippen LogP contribution >= 0.6 is 11.3 Å². The number of nitrogens with zero attached hydrogens (tertiary/aromatic N) is 1. The molecule has 0 saturated carbocycles. The molecule has 5 nitrogen and oxygen atoms in total. The summed E-state index contributed by atoms with van der Waals surface area (Å²) in [4.78, 5) is 12.1. The van der Waals surface area contributed by atoms with Gasteiger partial charge in [0.15, 0.2) is 6.20 Å². The Balaban J connectivity index is 0.0000122. The Morgan fingerprint density at radius 1 is 0.806 bits per heavy atom. The molecule has 0 aliphatic rings. The molecular formula is C29H55IN2O3S. The van der Waals surface area contributed by atoms with Crippen molar-refractivity contribution in [2.75, 3.05) is 19.8 Å². The van der Waals surface area contributed by atoms with Crippen LogP contribution in [0.25, 0.3) is 0 Å². The topological polar surface area (TPSA) is 51.4 Å². The number of hydrogen-bond acceptors (Lipinski definition) is 4. The summed E-state index contributed by atoms with van der Waals surface area (Å²) in [6.45, 7) is 7.31. The summed E-state index contributed by atoms with van der Waals surface area (Å²) in [5.41, 5.74) is 2.13. The van der Waals surface area contributed by atoms with Gasteiger partial charge >= 0.3 is 6.09 Å². The quantitative estimate of drug-likeness (QED) is 0.0910. The fourth-order valence-electron chi connectivity index (χ4n) is 4.31. The van der Waals surface area contributed by atoms with Gasteiger partial charge in [-0.15, -0.1) is 0 Å². The molecule has 0 spiro atoms. The minimum Gasteiger partial charge on any atom is -1.00 e. The van der Waals surface area contributed by atoms with Gasteiger partial charge in [-0.3, -0.25) is 0 Å². The van der Waals surface area contributed by atoms with Crippen molar-refractivity contribution in [2.45, 2.75) is 142 Å². The zero-order chi connectivity index (χ0) is 25.2. The Labute approximate surface area is 243 Å². The van der Waals surface area contributed by atoms with E-state index in [-0.39, 0.29) is 36.1 Å². The number of ether oxygens (including phenoxy) is 2. The number of carbonyl (C=O) groups excluding carboxylic acids is 1. The van der Waals surface area contributed by atoms with Crippen LogP contribution in [0.4, 0.5) is 4.79 Å². The lowest BCUT2D eigenvalue weighted by Crippen LogP contribution is -3.00. The molecule has 36 heavy (non-hydrogen) atoms. The summed E-state index contributed by atoms with van der Waals surface area (Å²) in [6, 6.07) is 0.229. The zero-order valence-corrected chi connectivity index (χ0v) is 26.3. The number of aromatic nitrogens is 1. The number of halogens is 1. The first-order valence-corrected chi connectivity index (χ1v) is 15.6. The number of amides is 1. The molecule has 1 atom stereocenters. The molecule has 7 heteroatoms. The van der Waals surface area contributed by atoms with Gasteiger partial charge in [-0.2, -0.15) is 4.57 Å². The highest BCUT2D eigenvalue weighted by molar-refractivity contribution is 7.07. The van der Waals surface area contributed by atoms with Gasteiger partial charge in [-0.1, -0.05) is 109 Å². The highest BCUT2D eigenvalue weighted by atomic mass is 127. The van der Waals surface area contributed by atoms with E-state index in [1.165, 1.54) is 83.5 Å². The van der Waals surface area contributed by atoms with Gasteiger partial charge in [0.25, 0.3) is 0 Å². The molecule has 0 aliphatic carbocycles. The largest absolute Gasteiger partial charge is 1.00 e. The average Bonchev–Trinajstić information content (AvgIpc) is 3.38. The number of thiazole rings is 1. The van der Waals surface area contributed by atoms with Crippen molar-refractivity contribution in [3.63, 3.8) is 0 Å². The molecule has 1 heterocycles. The van der Waals surface area contributed by atoms with Gasteiger partial charge in [0, 0.05) is 32.1 Å². The molecule has 1 unspecified atom stereocenters. The van der Waals surface area contributed by atoms with Crippen LogP contribution < -0.4 is 33.9 Å². The van der Waals surface area contributed by atoms with Crippen LogP contribution in [-0.4, -0.2) is 32.0 Å². The minimum atomic E-state index is -0.278. The first-order chi connectivity index (χ1) is 17.3. The Morgan fingerprint density at radius 3 is 2.00 bits per heavy atom. The van der Waals surface area contributed by atoms with E-state index < -0.39 is 0 Å². The maximum absolute atomic E-state index is 12.1. The fraction of sp³-hybridized carbons (Fsp3) is 0.862. The Bertz CT molecular complexity index is 575. The van der Waals surface area contributed by atoms with Crippen molar-refractivity contribution in [3.05, 3.63) is 17.1 Å². The summed E-state index contributed by atoms with van der Waals surface area (Å²) in [5, 5.41) is 5.13. The molecule has 0 fully saturated rings. The zero-order valence-electron chi connectivity index (χ0n) is 23.3. The lowest BCUT2D eigenvalue weighted by molar-refractivity contribution is -0.692. The van der Waals surface area contributed by atoms with E-state index >= 15 is 0 Å². The minimum absolute atomic E-state index is 0. The second kappa shape index (κ2) is 27.6. The number of unbranched alkanes of at least 4 members (excludes halogenated alkanes) is 13. The number of nitrogens with one attached hydrogen (secondary N) is 1. The summed E-state index contributed by atoms with van der Waals surface area (Å²) in [5.74, 6) is 0. The van der Waals surface area contributed by atoms with Crippen molar-refractivity contribution in [3.8, 4) is 0 Å². The number of aryl methyl sites for hydroxylation is 1. The van der Waals surface area contributed by atoms with Crippen LogP contribution in [0.1, 0.15) is 129 Å². The number of hydrogen-bond donors (Lipinski definition) is 1. The van der Waals surface area contributed by atoms with Crippen LogP contribution in [-0.2, 0) is 16.0 Å². The Hall–Kier alpha value is -0.410. The normalized spacial score (nSPS) is 11.7. The van der Waals surface area contributed by atoms with Gasteiger partial charge < -0.3 is 38.8 Å². The lowest BCUT2D eigenvalue weighted by atomic mass is 10.0. The van der Waals surface area contributed by atoms with E-state index in [4.69, 9.17) is 9.47 Å². The second-order valence-corrected chi connectivity index (χ2v) is 10.6. The molecule has 0 aliphatic heterocycles. The van der Waals surface area contributed by atoms with Gasteiger partial charge in [-0.25, -0.2) is 4.79 Å². The fourth-order valence-corrected chi connectivity index (χ4v) is 4.94. The van der Waals surface area contributed by atoms with Gasteiger partial charge in [0.05, 0.1) is 12.0 Å². The van der Waals surface area contributed by atoms with E-state index in [1.807, 2.05) is 0 Å². The van der Waals surface area contributed by atoms with Crippen LogP contribution in [0.2, 0.25) is 0 Å². The van der Waals surface area contributed by atoms with E-state index in [9.17, 15) is 4.79 Å². The van der Waals surface area contributed by atoms with Crippen LogP contribution in [0.15, 0.2) is 17.1 Å². The van der Waals surface area contributed by atoms with Gasteiger partial charge in [0.2, 0.25) is 5.51 Å². The smallest absolute Gasteiger partial charge is 0.407 e. The number of rotatable bonds is 25. The van der Waals surface area contributed by atoms with Gasteiger partial charge in [0.1, 0.15) is 6.54 Å². The Morgan fingerprint density at radius 2 is 1.42 bits per heavy atom. The van der Waals surface area contributed by atoms with Gasteiger partial charge in [-0.05, 0) is 19.3 Å². The van der Waals surface area contributed by atoms with Crippen molar-refractivity contribution in [2.24, 2.45) is 0 Å². The van der Waals surface area contributed by atoms with E-state index in [1.54, 1.807) is 11.3 Å². The monoisotopic (exact) mass is 638 g/mol. The molecule has 0 saturated heterocycles. The first-order valence-electron chi connectivity index (χ1n) is 14.7. The molecule has 1 N–H and O–H groups in total. The standard InChI is InChI=1S/C29H54N2O3S.HI/c1-3-5-6-7-8-9-10-11-12-13-14-15-16-20-28(4-2)30-29(32)34-25-19-24-33-23-18-17-21-31-22-26-35-27-31;/h22,26-28H,3-21,23-25H2,1-2H3;1H. The highest BCUT2D eigenvalue weighted by Crippen LogP contribution is 2.14. The highest BCUT2D eigenvalue weighted by Gasteiger charge is 2.11. The summed E-state index contributed by atoms with van der Waals surface area (Å²) < 4.78 is 13.2. The van der Waals surface area contributed by atoms with Crippen LogP contribution in [0.3, 0.4) is 0 Å². The van der Waals surface area contributed by atoms with E-state index in [2.05, 4.69) is 40.8 Å². The second-order valence-electron chi connectivity index (χ2n) is 9.85. The summed E-state index contributed by atoms with van der Waals surface area (Å²) >= 11 is 1.72. The Kier molecular flexibility index (Phi) is 27.3. The third kappa shape index (κ3) is 22.8. The van der Waals surface area contributed by atoms with Crippen molar-refractivity contribution >= 4 is 17.4 Å². The average molecular weight is 639 g/mol. The van der Waals surface area contributed by atoms with Crippen molar-refractivity contribution < 1.29 is 42.8 Å². The molecule has 212 valence electrons. The maximum Gasteiger partial charge on any atom is 0.407 e. The molecule has 1 aromatic rings. The van der Waals surface area contributed by atoms with Crippen LogP contribution in [0.5, 0.6) is 0 Å². The summed E-state index contributed by atoms with van der Waals surface area (Å²) in [6.07, 6.45) is 24.6. The molecule has 0 bridgehead atoms. The molecular weight excluding hydrogens is 583 g/mol. The predicted molar refractivity (Wildman–Crippen MR) is 148 cm³/mol. The summed E-state index contributed by atoms with van der Waals surface area (Å²) in [7, 11) is 0. The molecule has 0 radical (unpaired) electrons. The predicted octanol–water partition coefficient (Wildman–Crippen LogP) is 5.21.